The van der Waals surface area contributed by atoms with E-state index in [9.17, 15) is 14.7 Å². The fourth-order valence-corrected chi connectivity index (χ4v) is 2.64. The van der Waals surface area contributed by atoms with E-state index >= 15 is 0 Å². The predicted octanol–water partition coefficient (Wildman–Crippen LogP) is 0.851. The Balaban J connectivity index is 1.67. The minimum absolute atomic E-state index is 0.0235. The summed E-state index contributed by atoms with van der Waals surface area (Å²) in [6, 6.07) is 3.56. The molecule has 0 spiro atoms. The van der Waals surface area contributed by atoms with E-state index < -0.39 is 5.60 Å². The molecule has 2 heterocycles. The molecule has 1 aromatic heterocycles. The monoisotopic (exact) mass is 282 g/mol. The fraction of sp³-hybridized carbons (Fsp3) is 0.538. The number of nitrogens with zero attached hydrogens (tertiary/aromatic N) is 1. The van der Waals surface area contributed by atoms with Crippen LogP contribution in [-0.4, -0.2) is 47.1 Å². The van der Waals surface area contributed by atoms with Gasteiger partial charge in [0.15, 0.2) is 0 Å². The molecule has 19 heavy (non-hydrogen) atoms. The molecule has 1 fully saturated rings. The highest BCUT2D eigenvalue weighted by molar-refractivity contribution is 7.12. The van der Waals surface area contributed by atoms with Crippen molar-refractivity contribution < 1.29 is 14.7 Å². The largest absolute Gasteiger partial charge is 0.386 e. The van der Waals surface area contributed by atoms with Crippen molar-refractivity contribution in [3.05, 3.63) is 22.4 Å². The van der Waals surface area contributed by atoms with Crippen LogP contribution in [0.25, 0.3) is 0 Å². The van der Waals surface area contributed by atoms with E-state index in [0.717, 1.165) is 0 Å². The van der Waals surface area contributed by atoms with Gasteiger partial charge in [0.1, 0.15) is 0 Å². The Morgan fingerprint density at radius 3 is 2.84 bits per heavy atom. The third-order valence-corrected chi connectivity index (χ3v) is 4.22. The summed E-state index contributed by atoms with van der Waals surface area (Å²) in [5, 5.41) is 14.4. The molecule has 0 saturated carbocycles. The number of rotatable bonds is 5. The minimum Gasteiger partial charge on any atom is -0.386 e. The van der Waals surface area contributed by atoms with Gasteiger partial charge in [-0.3, -0.25) is 9.59 Å². The smallest absolute Gasteiger partial charge is 0.261 e. The Morgan fingerprint density at radius 2 is 2.26 bits per heavy atom. The number of hydrogen-bond acceptors (Lipinski definition) is 4. The first-order chi connectivity index (χ1) is 9.04. The third kappa shape index (κ3) is 3.33. The van der Waals surface area contributed by atoms with Crippen LogP contribution in [0.2, 0.25) is 0 Å². The highest BCUT2D eigenvalue weighted by Gasteiger charge is 2.41. The second-order valence-corrected chi connectivity index (χ2v) is 5.76. The molecule has 0 unspecified atom stereocenters. The van der Waals surface area contributed by atoms with E-state index in [1.807, 2.05) is 18.4 Å². The lowest BCUT2D eigenvalue weighted by Crippen LogP contribution is -2.63. The first kappa shape index (κ1) is 14.0. The van der Waals surface area contributed by atoms with Crippen LogP contribution in [0.15, 0.2) is 17.5 Å². The maximum absolute atomic E-state index is 11.8. The van der Waals surface area contributed by atoms with Gasteiger partial charge in [-0.25, -0.2) is 0 Å². The number of nitrogens with one attached hydrogen (secondary N) is 1. The van der Waals surface area contributed by atoms with Gasteiger partial charge in [0.05, 0.1) is 23.6 Å². The van der Waals surface area contributed by atoms with E-state index in [1.54, 1.807) is 11.0 Å². The zero-order valence-corrected chi connectivity index (χ0v) is 11.7. The molecule has 2 N–H and O–H groups in total. The highest BCUT2D eigenvalue weighted by atomic mass is 32.1. The number of amides is 2. The lowest BCUT2D eigenvalue weighted by molar-refractivity contribution is -0.155. The van der Waals surface area contributed by atoms with E-state index in [2.05, 4.69) is 5.32 Å². The van der Waals surface area contributed by atoms with E-state index in [-0.39, 0.29) is 18.2 Å². The summed E-state index contributed by atoms with van der Waals surface area (Å²) in [5.74, 6) is -0.166. The van der Waals surface area contributed by atoms with E-state index in [0.29, 0.717) is 30.9 Å². The van der Waals surface area contributed by atoms with Gasteiger partial charge in [0.2, 0.25) is 5.91 Å². The van der Waals surface area contributed by atoms with E-state index in [4.69, 9.17) is 0 Å². The summed E-state index contributed by atoms with van der Waals surface area (Å²) in [6.07, 6.45) is 0.933. The summed E-state index contributed by atoms with van der Waals surface area (Å²) in [6.45, 7) is 3.04. The van der Waals surface area contributed by atoms with Crippen molar-refractivity contribution in [3.8, 4) is 0 Å². The summed E-state index contributed by atoms with van der Waals surface area (Å²) < 4.78 is 0. The number of aliphatic hydroxyl groups is 1. The number of likely N-dealkylation sites (tertiary alicyclic amines) is 1. The van der Waals surface area contributed by atoms with Gasteiger partial charge in [-0.05, 0) is 17.9 Å². The molecule has 1 aromatic rings. The Hall–Kier alpha value is -1.40. The van der Waals surface area contributed by atoms with Crippen LogP contribution in [0.3, 0.4) is 0 Å². The number of carbonyl (C=O) groups is 2. The molecule has 104 valence electrons. The summed E-state index contributed by atoms with van der Waals surface area (Å²) in [4.78, 5) is 25.7. The lowest BCUT2D eigenvalue weighted by Gasteiger charge is -2.46. The van der Waals surface area contributed by atoms with Crippen LogP contribution < -0.4 is 5.32 Å². The minimum atomic E-state index is -0.699. The number of hydrogen-bond donors (Lipinski definition) is 2. The molecule has 0 bridgehead atoms. The topological polar surface area (TPSA) is 69.6 Å². The van der Waals surface area contributed by atoms with Crippen molar-refractivity contribution in [2.24, 2.45) is 0 Å². The Bertz CT molecular complexity index is 452. The summed E-state index contributed by atoms with van der Waals surface area (Å²) >= 11 is 1.37. The van der Waals surface area contributed by atoms with Gasteiger partial charge in [-0.15, -0.1) is 11.3 Å². The quantitative estimate of drug-likeness (QED) is 0.841. The van der Waals surface area contributed by atoms with Gasteiger partial charge < -0.3 is 15.3 Å². The molecule has 5 nitrogen and oxygen atoms in total. The van der Waals surface area contributed by atoms with Crippen LogP contribution in [0, 0.1) is 0 Å². The van der Waals surface area contributed by atoms with Crippen LogP contribution >= 0.6 is 11.3 Å². The van der Waals surface area contributed by atoms with Crippen LogP contribution in [-0.2, 0) is 4.79 Å². The molecule has 1 aliphatic heterocycles. The van der Waals surface area contributed by atoms with Gasteiger partial charge >= 0.3 is 0 Å². The first-order valence-corrected chi connectivity index (χ1v) is 7.24. The maximum Gasteiger partial charge on any atom is 0.261 e. The third-order valence-electron chi connectivity index (χ3n) is 3.35. The molecule has 0 atom stereocenters. The van der Waals surface area contributed by atoms with Crippen LogP contribution in [0.1, 0.15) is 29.4 Å². The normalized spacial score (nSPS) is 16.8. The van der Waals surface area contributed by atoms with Gasteiger partial charge in [0.25, 0.3) is 5.91 Å². The molecule has 1 saturated heterocycles. The molecule has 2 rings (SSSR count). The summed E-state index contributed by atoms with van der Waals surface area (Å²) in [7, 11) is 0. The van der Waals surface area contributed by atoms with Crippen molar-refractivity contribution in [1.82, 2.24) is 10.2 Å². The molecular weight excluding hydrogens is 264 g/mol. The van der Waals surface area contributed by atoms with Crippen molar-refractivity contribution >= 4 is 23.2 Å². The predicted molar refractivity (Wildman–Crippen MR) is 73.1 cm³/mol. The molecule has 6 heteroatoms. The SMILES string of the molecule is CCC1(O)CN(C(=O)CCNC(=O)c2cccs2)C1. The number of carbonyl (C=O) groups excluding carboxylic acids is 2. The molecule has 0 radical (unpaired) electrons. The maximum atomic E-state index is 11.8. The number of β-amino-alcohol motifs (C(OH)–C–C–N with tert-alkyl or cyclic N) is 1. The molecule has 2 amide bonds. The van der Waals surface area contributed by atoms with Crippen LogP contribution in [0.4, 0.5) is 0 Å². The second-order valence-electron chi connectivity index (χ2n) is 4.81. The Labute approximate surface area is 116 Å². The van der Waals surface area contributed by atoms with Gasteiger partial charge in [0, 0.05) is 13.0 Å². The second kappa shape index (κ2) is 5.71. The van der Waals surface area contributed by atoms with Crippen molar-refractivity contribution in [3.63, 3.8) is 0 Å². The van der Waals surface area contributed by atoms with Crippen LogP contribution in [0.5, 0.6) is 0 Å². The van der Waals surface area contributed by atoms with Crippen molar-refractivity contribution in [2.75, 3.05) is 19.6 Å². The fourth-order valence-electron chi connectivity index (χ4n) is 2.00. The van der Waals surface area contributed by atoms with Crippen molar-refractivity contribution in [1.29, 1.82) is 0 Å². The average Bonchev–Trinajstić information content (AvgIpc) is 2.88. The first-order valence-electron chi connectivity index (χ1n) is 6.36. The van der Waals surface area contributed by atoms with E-state index in [1.165, 1.54) is 11.3 Å². The highest BCUT2D eigenvalue weighted by Crippen LogP contribution is 2.24. The Morgan fingerprint density at radius 1 is 1.53 bits per heavy atom. The Kier molecular flexibility index (Phi) is 4.21. The standard InChI is InChI=1S/C13H18N2O3S/c1-2-13(18)8-15(9-13)11(16)5-6-14-12(17)10-4-3-7-19-10/h3-4,7,18H,2,5-6,8-9H2,1H3,(H,14,17). The molecular formula is C13H18N2O3S. The molecule has 1 aliphatic rings. The zero-order chi connectivity index (χ0) is 13.9. The zero-order valence-electron chi connectivity index (χ0n) is 10.9. The molecule has 0 aliphatic carbocycles. The lowest BCUT2D eigenvalue weighted by atomic mass is 9.91. The van der Waals surface area contributed by atoms with Gasteiger partial charge in [-0.1, -0.05) is 13.0 Å². The van der Waals surface area contributed by atoms with Crippen molar-refractivity contribution in [2.45, 2.75) is 25.4 Å². The summed E-state index contributed by atoms with van der Waals surface area (Å²) in [5.41, 5.74) is -0.699. The average molecular weight is 282 g/mol. The number of thiophene rings is 1. The van der Waals surface area contributed by atoms with Gasteiger partial charge in [-0.2, -0.15) is 0 Å². The molecule has 0 aromatic carbocycles.